The van der Waals surface area contributed by atoms with E-state index in [1.165, 1.54) is 0 Å². The largest absolute Gasteiger partial charge is 0.354 e. The predicted molar refractivity (Wildman–Crippen MR) is 102 cm³/mol. The van der Waals surface area contributed by atoms with Crippen LogP contribution in [0.5, 0.6) is 0 Å². The molecule has 0 aliphatic heterocycles. The van der Waals surface area contributed by atoms with Crippen molar-refractivity contribution in [1.29, 1.82) is 5.26 Å². The number of nitrogens with zero attached hydrogens (tertiary/aromatic N) is 6. The van der Waals surface area contributed by atoms with Gasteiger partial charge in [-0.2, -0.15) is 5.26 Å². The molecule has 3 heterocycles. The summed E-state index contributed by atoms with van der Waals surface area (Å²) < 4.78 is 7.55. The molecule has 0 N–H and O–H groups in total. The number of nitriles is 1. The SMILES string of the molecule is N#Cc1cc(-c2nc(-c3ccncc3)n(COCc3ccccc3)n2)ccn1. The monoisotopic (exact) mass is 368 g/mol. The topological polar surface area (TPSA) is 89.5 Å². The van der Waals surface area contributed by atoms with E-state index in [2.05, 4.69) is 20.1 Å². The highest BCUT2D eigenvalue weighted by molar-refractivity contribution is 5.61. The maximum Gasteiger partial charge on any atom is 0.182 e. The van der Waals surface area contributed by atoms with Crippen molar-refractivity contribution in [2.75, 3.05) is 0 Å². The highest BCUT2D eigenvalue weighted by Crippen LogP contribution is 2.22. The average molecular weight is 368 g/mol. The Balaban J connectivity index is 1.63. The standard InChI is InChI=1S/C21H16N6O/c22-13-19-12-18(8-11-24-19)20-25-21(17-6-9-23-10-7-17)27(26-20)15-28-14-16-4-2-1-3-5-16/h1-12H,14-15H2. The molecule has 0 bridgehead atoms. The molecule has 0 radical (unpaired) electrons. The Morgan fingerprint density at radius 3 is 2.54 bits per heavy atom. The summed E-state index contributed by atoms with van der Waals surface area (Å²) in [7, 11) is 0. The fourth-order valence-corrected chi connectivity index (χ4v) is 2.72. The van der Waals surface area contributed by atoms with E-state index in [9.17, 15) is 0 Å². The molecular formula is C21H16N6O. The molecule has 4 aromatic rings. The van der Waals surface area contributed by atoms with Crippen LogP contribution < -0.4 is 0 Å². The Labute approximate surface area is 161 Å². The quantitative estimate of drug-likeness (QED) is 0.518. The van der Waals surface area contributed by atoms with Gasteiger partial charge in [-0.25, -0.2) is 14.6 Å². The van der Waals surface area contributed by atoms with Gasteiger partial charge in [0.25, 0.3) is 0 Å². The third-order valence-electron chi connectivity index (χ3n) is 4.07. The van der Waals surface area contributed by atoms with Gasteiger partial charge in [-0.1, -0.05) is 30.3 Å². The van der Waals surface area contributed by atoms with Crippen molar-refractivity contribution in [1.82, 2.24) is 24.7 Å². The second-order valence-corrected chi connectivity index (χ2v) is 6.00. The van der Waals surface area contributed by atoms with Crippen molar-refractivity contribution >= 4 is 0 Å². The highest BCUT2D eigenvalue weighted by Gasteiger charge is 2.14. The summed E-state index contributed by atoms with van der Waals surface area (Å²) in [6.45, 7) is 0.718. The van der Waals surface area contributed by atoms with Crippen molar-refractivity contribution < 1.29 is 4.74 Å². The molecule has 0 fully saturated rings. The molecule has 0 saturated carbocycles. The Kier molecular flexibility index (Phi) is 5.13. The minimum Gasteiger partial charge on any atom is -0.354 e. The third-order valence-corrected chi connectivity index (χ3v) is 4.07. The minimum atomic E-state index is 0.246. The van der Waals surface area contributed by atoms with Crippen LogP contribution in [0.25, 0.3) is 22.8 Å². The van der Waals surface area contributed by atoms with Gasteiger partial charge >= 0.3 is 0 Å². The smallest absolute Gasteiger partial charge is 0.182 e. The zero-order chi connectivity index (χ0) is 19.2. The molecule has 7 heteroatoms. The van der Waals surface area contributed by atoms with E-state index >= 15 is 0 Å². The van der Waals surface area contributed by atoms with Crippen LogP contribution >= 0.6 is 0 Å². The van der Waals surface area contributed by atoms with Gasteiger partial charge in [-0.15, -0.1) is 5.10 Å². The lowest BCUT2D eigenvalue weighted by Crippen LogP contribution is -2.06. The Bertz CT molecular complexity index is 1100. The maximum absolute atomic E-state index is 9.09. The normalized spacial score (nSPS) is 10.5. The summed E-state index contributed by atoms with van der Waals surface area (Å²) in [6.07, 6.45) is 4.99. The fraction of sp³-hybridized carbons (Fsp3) is 0.0952. The first-order chi connectivity index (χ1) is 13.8. The van der Waals surface area contributed by atoms with Gasteiger partial charge in [-0.3, -0.25) is 4.98 Å². The molecule has 0 aliphatic rings. The van der Waals surface area contributed by atoms with Gasteiger partial charge in [0, 0.05) is 29.7 Å². The second-order valence-electron chi connectivity index (χ2n) is 6.00. The molecule has 136 valence electrons. The third kappa shape index (κ3) is 3.92. The summed E-state index contributed by atoms with van der Waals surface area (Å²) in [5, 5.41) is 13.7. The molecule has 1 aromatic carbocycles. The van der Waals surface area contributed by atoms with Crippen LogP contribution in [0.4, 0.5) is 0 Å². The van der Waals surface area contributed by atoms with Crippen molar-refractivity contribution in [2.45, 2.75) is 13.3 Å². The number of hydrogen-bond acceptors (Lipinski definition) is 6. The number of rotatable bonds is 6. The molecular weight excluding hydrogens is 352 g/mol. The van der Waals surface area contributed by atoms with E-state index in [-0.39, 0.29) is 6.73 Å². The van der Waals surface area contributed by atoms with Crippen LogP contribution in [0.2, 0.25) is 0 Å². The summed E-state index contributed by atoms with van der Waals surface area (Å²) in [4.78, 5) is 12.7. The van der Waals surface area contributed by atoms with Crippen LogP contribution in [-0.4, -0.2) is 24.7 Å². The lowest BCUT2D eigenvalue weighted by atomic mass is 10.2. The van der Waals surface area contributed by atoms with Crippen molar-refractivity contribution in [2.24, 2.45) is 0 Å². The molecule has 4 rings (SSSR count). The van der Waals surface area contributed by atoms with Gasteiger partial charge in [-0.05, 0) is 29.8 Å². The van der Waals surface area contributed by atoms with Crippen LogP contribution in [0.1, 0.15) is 11.3 Å². The molecule has 28 heavy (non-hydrogen) atoms. The highest BCUT2D eigenvalue weighted by atomic mass is 16.5. The van der Waals surface area contributed by atoms with Gasteiger partial charge in [0.1, 0.15) is 18.5 Å². The van der Waals surface area contributed by atoms with Crippen LogP contribution in [-0.2, 0) is 18.1 Å². The van der Waals surface area contributed by atoms with E-state index in [4.69, 9.17) is 10.00 Å². The molecule has 7 nitrogen and oxygen atoms in total. The van der Waals surface area contributed by atoms with E-state index in [0.29, 0.717) is 23.9 Å². The number of ether oxygens (including phenoxy) is 1. The predicted octanol–water partition coefficient (Wildman–Crippen LogP) is 3.45. The number of pyridine rings is 2. The Morgan fingerprint density at radius 1 is 0.964 bits per heavy atom. The van der Waals surface area contributed by atoms with Crippen LogP contribution in [0.15, 0.2) is 73.2 Å². The van der Waals surface area contributed by atoms with Crippen LogP contribution in [0.3, 0.4) is 0 Å². The first-order valence-corrected chi connectivity index (χ1v) is 8.67. The van der Waals surface area contributed by atoms with Gasteiger partial charge < -0.3 is 4.74 Å². The summed E-state index contributed by atoms with van der Waals surface area (Å²) in [5.41, 5.74) is 3.01. The van der Waals surface area contributed by atoms with Gasteiger partial charge in [0.05, 0.1) is 6.61 Å². The lowest BCUT2D eigenvalue weighted by molar-refractivity contribution is 0.0572. The molecule has 0 spiro atoms. The van der Waals surface area contributed by atoms with E-state index in [1.807, 2.05) is 48.5 Å². The summed E-state index contributed by atoms with van der Waals surface area (Å²) in [5.74, 6) is 1.18. The van der Waals surface area contributed by atoms with Gasteiger partial charge in [0.15, 0.2) is 11.6 Å². The maximum atomic E-state index is 9.09. The van der Waals surface area contributed by atoms with Crippen LogP contribution in [0, 0.1) is 11.3 Å². The molecule has 0 amide bonds. The number of aromatic nitrogens is 5. The summed E-state index contributed by atoms with van der Waals surface area (Å²) >= 11 is 0. The fourth-order valence-electron chi connectivity index (χ4n) is 2.72. The number of benzene rings is 1. The zero-order valence-electron chi connectivity index (χ0n) is 14.9. The Morgan fingerprint density at radius 2 is 1.75 bits per heavy atom. The molecule has 0 atom stereocenters. The molecule has 3 aromatic heterocycles. The van der Waals surface area contributed by atoms with Crippen molar-refractivity contribution in [3.05, 3.63) is 84.4 Å². The molecule has 0 unspecified atom stereocenters. The minimum absolute atomic E-state index is 0.246. The first kappa shape index (κ1) is 17.5. The molecule has 0 saturated heterocycles. The van der Waals surface area contributed by atoms with Crippen molar-refractivity contribution in [3.63, 3.8) is 0 Å². The number of hydrogen-bond donors (Lipinski definition) is 0. The van der Waals surface area contributed by atoms with Gasteiger partial charge in [0.2, 0.25) is 0 Å². The van der Waals surface area contributed by atoms with E-state index in [0.717, 1.165) is 16.7 Å². The first-order valence-electron chi connectivity index (χ1n) is 8.67. The lowest BCUT2D eigenvalue weighted by Gasteiger charge is -2.07. The Hall–Kier alpha value is -3.89. The van der Waals surface area contributed by atoms with E-state index in [1.54, 1.807) is 35.4 Å². The summed E-state index contributed by atoms with van der Waals surface area (Å²) in [6, 6.07) is 19.2. The average Bonchev–Trinajstić information content (AvgIpc) is 3.19. The second kappa shape index (κ2) is 8.20. The zero-order valence-corrected chi connectivity index (χ0v) is 14.9. The molecule has 0 aliphatic carbocycles. The van der Waals surface area contributed by atoms with Crippen molar-refractivity contribution in [3.8, 4) is 28.8 Å². The van der Waals surface area contributed by atoms with E-state index < -0.39 is 0 Å².